The maximum atomic E-state index is 12.8. The summed E-state index contributed by atoms with van der Waals surface area (Å²) in [5.74, 6) is -0.852. The topological polar surface area (TPSA) is 66.8 Å². The van der Waals surface area contributed by atoms with Crippen LogP contribution in [0.15, 0.2) is 0 Å². The molecule has 0 aromatic rings. The minimum Gasteiger partial charge on any atom is -0.481 e. The largest absolute Gasteiger partial charge is 0.481 e. The lowest BCUT2D eigenvalue weighted by molar-refractivity contribution is -0.151. The first-order valence-electron chi connectivity index (χ1n) is 8.02. The van der Waals surface area contributed by atoms with E-state index in [1.807, 2.05) is 4.90 Å². The second-order valence-electron chi connectivity index (χ2n) is 6.62. The number of carbonyl (C=O) groups excluding carboxylic acids is 1. The van der Waals surface area contributed by atoms with Gasteiger partial charge in [-0.25, -0.2) is 0 Å². The number of aliphatic carboxylic acids is 1. The van der Waals surface area contributed by atoms with Gasteiger partial charge in [0, 0.05) is 20.2 Å². The molecule has 5 heteroatoms. The van der Waals surface area contributed by atoms with E-state index in [4.69, 9.17) is 4.74 Å². The molecule has 0 aromatic heterocycles. The molecule has 0 spiro atoms. The van der Waals surface area contributed by atoms with Gasteiger partial charge in [-0.05, 0) is 31.1 Å². The Bertz CT molecular complexity index is 398. The first-order valence-corrected chi connectivity index (χ1v) is 8.02. The highest BCUT2D eigenvalue weighted by molar-refractivity contribution is 5.85. The molecule has 120 valence electrons. The number of nitrogens with zero attached hydrogens (tertiary/aromatic N) is 1. The standard InChI is InChI=1S/C16H27NO4/c1-4-11-7-12(13(8-11)16(19)20)15(18)17-6-5-10(2)14(9-17)21-3/h10-14H,4-9H2,1-3H3,(H,19,20)/t10?,11?,12-,13+,14?/m0/s1. The predicted molar refractivity (Wildman–Crippen MR) is 78.8 cm³/mol. The zero-order valence-electron chi connectivity index (χ0n) is 13.2. The van der Waals surface area contributed by atoms with Crippen LogP contribution in [-0.4, -0.2) is 48.2 Å². The summed E-state index contributed by atoms with van der Waals surface area (Å²) in [5, 5.41) is 9.39. The molecule has 1 aliphatic carbocycles. The Morgan fingerprint density at radius 2 is 1.95 bits per heavy atom. The molecule has 2 aliphatic rings. The van der Waals surface area contributed by atoms with Gasteiger partial charge in [-0.2, -0.15) is 0 Å². The van der Waals surface area contributed by atoms with Crippen molar-refractivity contribution < 1.29 is 19.4 Å². The Morgan fingerprint density at radius 1 is 1.29 bits per heavy atom. The number of methoxy groups -OCH3 is 1. The monoisotopic (exact) mass is 297 g/mol. The zero-order chi connectivity index (χ0) is 15.6. The van der Waals surface area contributed by atoms with Crippen LogP contribution in [0.2, 0.25) is 0 Å². The summed E-state index contributed by atoms with van der Waals surface area (Å²) >= 11 is 0. The molecule has 1 saturated heterocycles. The molecule has 1 heterocycles. The number of carboxylic acids is 1. The first kappa shape index (κ1) is 16.3. The van der Waals surface area contributed by atoms with Crippen molar-refractivity contribution in [3.8, 4) is 0 Å². The third-order valence-electron chi connectivity index (χ3n) is 5.38. The van der Waals surface area contributed by atoms with Gasteiger partial charge < -0.3 is 14.7 Å². The third-order valence-corrected chi connectivity index (χ3v) is 5.38. The fourth-order valence-electron chi connectivity index (χ4n) is 3.80. The van der Waals surface area contributed by atoms with Crippen molar-refractivity contribution in [2.75, 3.05) is 20.2 Å². The summed E-state index contributed by atoms with van der Waals surface area (Å²) in [6.07, 6.45) is 3.29. The van der Waals surface area contributed by atoms with Crippen LogP contribution in [0.4, 0.5) is 0 Å². The van der Waals surface area contributed by atoms with Crippen molar-refractivity contribution in [1.29, 1.82) is 0 Å². The molecular weight excluding hydrogens is 270 g/mol. The van der Waals surface area contributed by atoms with Gasteiger partial charge in [0.25, 0.3) is 0 Å². The van der Waals surface area contributed by atoms with Crippen molar-refractivity contribution in [3.63, 3.8) is 0 Å². The molecule has 0 bridgehead atoms. The van der Waals surface area contributed by atoms with Crippen molar-refractivity contribution in [1.82, 2.24) is 4.90 Å². The summed E-state index contributed by atoms with van der Waals surface area (Å²) in [5.41, 5.74) is 0. The number of hydrogen-bond acceptors (Lipinski definition) is 3. The average molecular weight is 297 g/mol. The van der Waals surface area contributed by atoms with Crippen molar-refractivity contribution in [2.24, 2.45) is 23.7 Å². The summed E-state index contributed by atoms with van der Waals surface area (Å²) in [4.78, 5) is 26.0. The van der Waals surface area contributed by atoms with Crippen LogP contribution >= 0.6 is 0 Å². The van der Waals surface area contributed by atoms with Gasteiger partial charge in [0.1, 0.15) is 0 Å². The van der Waals surface area contributed by atoms with E-state index in [0.29, 0.717) is 24.8 Å². The molecular formula is C16H27NO4. The summed E-state index contributed by atoms with van der Waals surface area (Å²) in [6, 6.07) is 0. The molecule has 1 amide bonds. The Labute approximate surface area is 126 Å². The van der Waals surface area contributed by atoms with Crippen molar-refractivity contribution in [3.05, 3.63) is 0 Å². The highest BCUT2D eigenvalue weighted by Gasteiger charge is 2.44. The number of carbonyl (C=O) groups is 2. The molecule has 5 nitrogen and oxygen atoms in total. The number of amides is 1. The molecule has 21 heavy (non-hydrogen) atoms. The second kappa shape index (κ2) is 6.77. The molecule has 1 N–H and O–H groups in total. The first-order chi connectivity index (χ1) is 9.97. The van der Waals surface area contributed by atoms with Gasteiger partial charge in [-0.1, -0.05) is 20.3 Å². The lowest BCUT2D eigenvalue weighted by Crippen LogP contribution is -2.49. The van der Waals surface area contributed by atoms with Gasteiger partial charge in [0.15, 0.2) is 0 Å². The molecule has 1 aliphatic heterocycles. The minimum atomic E-state index is -0.821. The number of carboxylic acid groups (broad SMARTS) is 1. The fraction of sp³-hybridized carbons (Fsp3) is 0.875. The van der Waals surface area contributed by atoms with Gasteiger partial charge in [-0.3, -0.25) is 9.59 Å². The maximum Gasteiger partial charge on any atom is 0.307 e. The molecule has 2 rings (SSSR count). The Hall–Kier alpha value is -1.10. The van der Waals surface area contributed by atoms with E-state index in [0.717, 1.165) is 25.8 Å². The molecule has 0 aromatic carbocycles. The number of rotatable bonds is 4. The van der Waals surface area contributed by atoms with Crippen LogP contribution in [0.5, 0.6) is 0 Å². The van der Waals surface area contributed by atoms with Crippen LogP contribution in [0.25, 0.3) is 0 Å². The Morgan fingerprint density at radius 3 is 2.52 bits per heavy atom. The summed E-state index contributed by atoms with van der Waals surface area (Å²) < 4.78 is 5.45. The fourth-order valence-corrected chi connectivity index (χ4v) is 3.80. The highest BCUT2D eigenvalue weighted by atomic mass is 16.5. The number of hydrogen-bond donors (Lipinski definition) is 1. The van der Waals surface area contributed by atoms with Gasteiger partial charge in [-0.15, -0.1) is 0 Å². The third kappa shape index (κ3) is 3.39. The number of ether oxygens (including phenoxy) is 1. The second-order valence-corrected chi connectivity index (χ2v) is 6.62. The quantitative estimate of drug-likeness (QED) is 0.862. The maximum absolute atomic E-state index is 12.8. The van der Waals surface area contributed by atoms with E-state index >= 15 is 0 Å². The van der Waals surface area contributed by atoms with E-state index < -0.39 is 11.9 Å². The van der Waals surface area contributed by atoms with Gasteiger partial charge >= 0.3 is 5.97 Å². The lowest BCUT2D eigenvalue weighted by Gasteiger charge is -2.37. The molecule has 5 atom stereocenters. The Kier molecular flexibility index (Phi) is 5.25. The van der Waals surface area contributed by atoms with Crippen LogP contribution in [-0.2, 0) is 14.3 Å². The van der Waals surface area contributed by atoms with E-state index in [1.165, 1.54) is 0 Å². The molecule has 2 fully saturated rings. The van der Waals surface area contributed by atoms with Crippen LogP contribution < -0.4 is 0 Å². The van der Waals surface area contributed by atoms with Crippen molar-refractivity contribution >= 4 is 11.9 Å². The predicted octanol–water partition coefficient (Wildman–Crippen LogP) is 2.01. The smallest absolute Gasteiger partial charge is 0.307 e. The molecule has 3 unspecified atom stereocenters. The van der Waals surface area contributed by atoms with E-state index in [9.17, 15) is 14.7 Å². The average Bonchev–Trinajstić information content (AvgIpc) is 2.91. The van der Waals surface area contributed by atoms with E-state index in [1.54, 1.807) is 7.11 Å². The van der Waals surface area contributed by atoms with Crippen molar-refractivity contribution in [2.45, 2.75) is 45.6 Å². The SMILES string of the molecule is CCC1C[C@H](C(=O)N2CCC(C)C(OC)C2)[C@H](C(=O)O)C1. The number of piperidine rings is 1. The number of likely N-dealkylation sites (tertiary alicyclic amines) is 1. The van der Waals surface area contributed by atoms with Crippen LogP contribution in [0.1, 0.15) is 39.5 Å². The summed E-state index contributed by atoms with van der Waals surface area (Å²) in [7, 11) is 1.68. The van der Waals surface area contributed by atoms with E-state index in [2.05, 4.69) is 13.8 Å². The minimum absolute atomic E-state index is 0.0206. The van der Waals surface area contributed by atoms with Crippen LogP contribution in [0.3, 0.4) is 0 Å². The zero-order valence-corrected chi connectivity index (χ0v) is 13.2. The molecule has 0 radical (unpaired) electrons. The van der Waals surface area contributed by atoms with E-state index in [-0.39, 0.29) is 17.9 Å². The van der Waals surface area contributed by atoms with Crippen LogP contribution in [0, 0.1) is 23.7 Å². The van der Waals surface area contributed by atoms with Gasteiger partial charge in [0.2, 0.25) is 5.91 Å². The lowest BCUT2D eigenvalue weighted by atomic mass is 9.91. The normalized spacial score (nSPS) is 36.7. The van der Waals surface area contributed by atoms with Gasteiger partial charge in [0.05, 0.1) is 17.9 Å². The summed E-state index contributed by atoms with van der Waals surface area (Å²) in [6.45, 7) is 5.52. The molecule has 1 saturated carbocycles. The highest BCUT2D eigenvalue weighted by Crippen LogP contribution is 2.40. The Balaban J connectivity index is 2.06.